The van der Waals surface area contributed by atoms with Crippen molar-refractivity contribution in [2.75, 3.05) is 32.9 Å². The van der Waals surface area contributed by atoms with Crippen LogP contribution in [-0.4, -0.2) is 44.8 Å². The van der Waals surface area contributed by atoms with E-state index in [1.165, 1.54) is 0 Å². The Hall–Kier alpha value is -0.750. The Morgan fingerprint density at radius 3 is 3.06 bits per heavy atom. The third kappa shape index (κ3) is 1.43. The van der Waals surface area contributed by atoms with Crippen LogP contribution in [0.4, 0.5) is 8.78 Å². The van der Waals surface area contributed by atoms with E-state index < -0.39 is 23.2 Å². The Morgan fingerprint density at radius 1 is 1.62 bits per heavy atom. The van der Waals surface area contributed by atoms with E-state index in [0.29, 0.717) is 0 Å². The van der Waals surface area contributed by atoms with Crippen molar-refractivity contribution in [2.24, 2.45) is 11.3 Å². The second kappa shape index (κ2) is 3.92. The fraction of sp³-hybridized carbons (Fsp3) is 0.900. The Kier molecular flexibility index (Phi) is 2.88. The van der Waals surface area contributed by atoms with E-state index in [-0.39, 0.29) is 32.9 Å². The summed E-state index contributed by atoms with van der Waals surface area (Å²) in [6, 6.07) is 0. The molecule has 2 atom stereocenters. The number of hydrogen-bond donors (Lipinski definition) is 1. The van der Waals surface area contributed by atoms with Crippen molar-refractivity contribution in [3.63, 3.8) is 0 Å². The number of nitrogens with one attached hydrogen (secondary N) is 1. The third-order valence-electron chi connectivity index (χ3n) is 3.30. The lowest BCUT2D eigenvalue weighted by Gasteiger charge is -2.49. The molecule has 0 aromatic carbocycles. The highest BCUT2D eigenvalue weighted by Gasteiger charge is 2.67. The van der Waals surface area contributed by atoms with Crippen LogP contribution >= 0.6 is 0 Å². The fourth-order valence-corrected chi connectivity index (χ4v) is 2.32. The normalized spacial score (nSPS) is 36.8. The molecule has 0 spiro atoms. The third-order valence-corrected chi connectivity index (χ3v) is 3.30. The minimum absolute atomic E-state index is 0.0127. The summed E-state index contributed by atoms with van der Waals surface area (Å²) in [5.41, 5.74) is -1.84. The molecule has 2 rings (SSSR count). The number of ether oxygens (including phenoxy) is 2. The van der Waals surface area contributed by atoms with Gasteiger partial charge in [0.05, 0.1) is 25.7 Å². The van der Waals surface area contributed by atoms with Gasteiger partial charge in [0.15, 0.2) is 5.41 Å². The largest absolute Gasteiger partial charge is 0.465 e. The van der Waals surface area contributed by atoms with Gasteiger partial charge in [0, 0.05) is 13.1 Å². The predicted molar refractivity (Wildman–Crippen MR) is 51.2 cm³/mol. The molecule has 16 heavy (non-hydrogen) atoms. The second-order valence-electron chi connectivity index (χ2n) is 4.27. The molecule has 0 radical (unpaired) electrons. The van der Waals surface area contributed by atoms with Gasteiger partial charge in [-0.3, -0.25) is 4.79 Å². The lowest BCUT2D eigenvalue weighted by Crippen LogP contribution is -2.69. The number of alkyl halides is 2. The van der Waals surface area contributed by atoms with E-state index in [2.05, 4.69) is 5.32 Å². The van der Waals surface area contributed by atoms with Crippen LogP contribution in [0.5, 0.6) is 0 Å². The highest BCUT2D eigenvalue weighted by Crippen LogP contribution is 2.48. The molecule has 4 nitrogen and oxygen atoms in total. The lowest BCUT2D eigenvalue weighted by atomic mass is 9.71. The summed E-state index contributed by atoms with van der Waals surface area (Å²) in [6.07, 6.45) is 0. The summed E-state index contributed by atoms with van der Waals surface area (Å²) in [5, 5.41) is 2.86. The maximum atomic E-state index is 14.1. The molecule has 6 heteroatoms. The minimum Gasteiger partial charge on any atom is -0.465 e. The monoisotopic (exact) mass is 235 g/mol. The summed E-state index contributed by atoms with van der Waals surface area (Å²) in [5.74, 6) is -4.86. The number of carbonyl (C=O) groups excluding carboxylic acids is 1. The second-order valence-corrected chi connectivity index (χ2v) is 4.27. The molecule has 0 aromatic rings. The van der Waals surface area contributed by atoms with Crippen LogP contribution in [0.15, 0.2) is 0 Å². The van der Waals surface area contributed by atoms with Gasteiger partial charge in [-0.1, -0.05) is 0 Å². The zero-order valence-corrected chi connectivity index (χ0v) is 9.09. The van der Waals surface area contributed by atoms with Gasteiger partial charge in [0.25, 0.3) is 5.92 Å². The number of esters is 1. The molecule has 0 saturated carbocycles. The van der Waals surface area contributed by atoms with Gasteiger partial charge in [0.2, 0.25) is 0 Å². The van der Waals surface area contributed by atoms with Crippen molar-refractivity contribution >= 4 is 5.97 Å². The van der Waals surface area contributed by atoms with Crippen molar-refractivity contribution in [1.82, 2.24) is 5.32 Å². The molecule has 92 valence electrons. The maximum Gasteiger partial charge on any atom is 0.321 e. The summed E-state index contributed by atoms with van der Waals surface area (Å²) in [4.78, 5) is 11.7. The highest BCUT2D eigenvalue weighted by atomic mass is 19.3. The summed E-state index contributed by atoms with van der Waals surface area (Å²) >= 11 is 0. The predicted octanol–water partition coefficient (Wildman–Crippen LogP) is 0.421. The smallest absolute Gasteiger partial charge is 0.321 e. The van der Waals surface area contributed by atoms with Crippen molar-refractivity contribution in [1.29, 1.82) is 0 Å². The molecule has 2 aliphatic heterocycles. The first-order valence-electron chi connectivity index (χ1n) is 5.38. The molecule has 0 aromatic heterocycles. The van der Waals surface area contributed by atoms with Gasteiger partial charge in [-0.2, -0.15) is 0 Å². The Balaban J connectivity index is 2.31. The van der Waals surface area contributed by atoms with E-state index >= 15 is 0 Å². The highest BCUT2D eigenvalue weighted by molar-refractivity contribution is 5.79. The molecule has 2 saturated heterocycles. The number of fused-ring (bicyclic) bond motifs is 2. The van der Waals surface area contributed by atoms with Gasteiger partial charge in [-0.05, 0) is 6.92 Å². The van der Waals surface area contributed by atoms with Crippen molar-refractivity contribution in [3.05, 3.63) is 0 Å². The molecule has 2 fully saturated rings. The number of hydrogen-bond acceptors (Lipinski definition) is 4. The van der Waals surface area contributed by atoms with Gasteiger partial charge < -0.3 is 14.8 Å². The Labute approximate surface area is 92.3 Å². The molecule has 2 heterocycles. The molecule has 0 amide bonds. The first-order chi connectivity index (χ1) is 7.54. The number of carbonyl (C=O) groups is 1. The van der Waals surface area contributed by atoms with Crippen molar-refractivity contribution in [2.45, 2.75) is 12.8 Å². The van der Waals surface area contributed by atoms with Crippen LogP contribution in [-0.2, 0) is 14.3 Å². The Bertz CT molecular complexity index is 286. The van der Waals surface area contributed by atoms with Gasteiger partial charge >= 0.3 is 5.97 Å². The average Bonchev–Trinajstić information content (AvgIpc) is 2.16. The minimum atomic E-state index is -3.05. The number of rotatable bonds is 2. The van der Waals surface area contributed by atoms with Crippen LogP contribution in [0.25, 0.3) is 0 Å². The maximum absolute atomic E-state index is 14.1. The standard InChI is InChI=1S/C10H15F2NO3/c1-2-16-8(14)9-5-13-3-7(4-15-6-9)10(9,11)12/h7,13H,2-6H2,1H3. The SMILES string of the molecule is CCOC(=O)C12CNCC(COC1)C2(F)F. The fourth-order valence-electron chi connectivity index (χ4n) is 2.32. The Morgan fingerprint density at radius 2 is 2.38 bits per heavy atom. The van der Waals surface area contributed by atoms with Crippen LogP contribution in [0, 0.1) is 11.3 Å². The average molecular weight is 235 g/mol. The number of halogens is 2. The van der Waals surface area contributed by atoms with E-state index in [1.807, 2.05) is 0 Å². The zero-order valence-electron chi connectivity index (χ0n) is 9.09. The molecule has 2 unspecified atom stereocenters. The van der Waals surface area contributed by atoms with Crippen LogP contribution in [0.1, 0.15) is 6.92 Å². The van der Waals surface area contributed by atoms with E-state index in [9.17, 15) is 13.6 Å². The molecular formula is C10H15F2NO3. The molecule has 1 N–H and O–H groups in total. The van der Waals surface area contributed by atoms with Crippen molar-refractivity contribution in [3.8, 4) is 0 Å². The van der Waals surface area contributed by atoms with Gasteiger partial charge in [-0.25, -0.2) is 8.78 Å². The first-order valence-corrected chi connectivity index (χ1v) is 5.38. The molecule has 2 bridgehead atoms. The van der Waals surface area contributed by atoms with E-state index in [1.54, 1.807) is 6.92 Å². The zero-order chi connectivity index (χ0) is 11.8. The van der Waals surface area contributed by atoms with Crippen LogP contribution in [0.2, 0.25) is 0 Å². The first kappa shape index (κ1) is 11.7. The molecular weight excluding hydrogens is 220 g/mol. The van der Waals surface area contributed by atoms with Crippen LogP contribution < -0.4 is 5.32 Å². The quantitative estimate of drug-likeness (QED) is 0.705. The molecule has 0 aliphatic carbocycles. The summed E-state index contributed by atoms with van der Waals surface area (Å²) in [6.45, 7) is 1.50. The van der Waals surface area contributed by atoms with E-state index in [4.69, 9.17) is 9.47 Å². The van der Waals surface area contributed by atoms with Crippen LogP contribution in [0.3, 0.4) is 0 Å². The number of piperidine rings is 1. The topological polar surface area (TPSA) is 47.6 Å². The van der Waals surface area contributed by atoms with Crippen molar-refractivity contribution < 1.29 is 23.0 Å². The van der Waals surface area contributed by atoms with E-state index in [0.717, 1.165) is 0 Å². The molecule has 2 aliphatic rings. The summed E-state index contributed by atoms with van der Waals surface area (Å²) < 4.78 is 38.1. The van der Waals surface area contributed by atoms with Gasteiger partial charge in [0.1, 0.15) is 0 Å². The lowest BCUT2D eigenvalue weighted by molar-refractivity contribution is -0.252. The van der Waals surface area contributed by atoms with Gasteiger partial charge in [-0.15, -0.1) is 0 Å². The summed E-state index contributed by atoms with van der Waals surface area (Å²) in [7, 11) is 0.